The lowest BCUT2D eigenvalue weighted by Crippen LogP contribution is -2.46. The molecule has 5 rings (SSSR count). The average Bonchev–Trinajstić information content (AvgIpc) is 3.68. The summed E-state index contributed by atoms with van der Waals surface area (Å²) in [5.74, 6) is 0.513. The number of hydrogen-bond donors (Lipinski definition) is 1. The normalized spacial score (nSPS) is 15.9. The quantitative estimate of drug-likeness (QED) is 0.374. The first kappa shape index (κ1) is 26.3. The van der Waals surface area contributed by atoms with Gasteiger partial charge >= 0.3 is 6.03 Å². The van der Waals surface area contributed by atoms with Crippen molar-refractivity contribution in [1.29, 1.82) is 0 Å². The molecule has 1 unspecified atom stereocenters. The van der Waals surface area contributed by atoms with Gasteiger partial charge in [0.1, 0.15) is 12.4 Å². The monoisotopic (exact) mass is 559 g/mol. The SMILES string of the molecule is O=C(CN(CC1CCCO1)C(=O)Nc1ccc(F)c(Cl)c1)N(Cc1ccc2c(c1)OCO2)Cc1cccs1. The van der Waals surface area contributed by atoms with Gasteiger partial charge in [-0.2, -0.15) is 0 Å². The minimum absolute atomic E-state index is 0.101. The lowest BCUT2D eigenvalue weighted by molar-refractivity contribution is -0.133. The van der Waals surface area contributed by atoms with Crippen LogP contribution in [0.4, 0.5) is 14.9 Å². The third-order valence-electron chi connectivity index (χ3n) is 6.32. The van der Waals surface area contributed by atoms with Crippen molar-refractivity contribution in [3.63, 3.8) is 0 Å². The Balaban J connectivity index is 1.33. The van der Waals surface area contributed by atoms with Crippen molar-refractivity contribution in [2.45, 2.75) is 32.0 Å². The van der Waals surface area contributed by atoms with Gasteiger partial charge in [0.25, 0.3) is 0 Å². The third-order valence-corrected chi connectivity index (χ3v) is 7.47. The van der Waals surface area contributed by atoms with E-state index in [0.717, 1.165) is 23.3 Å². The van der Waals surface area contributed by atoms with E-state index < -0.39 is 11.8 Å². The molecule has 3 aromatic rings. The highest BCUT2D eigenvalue weighted by molar-refractivity contribution is 7.09. The zero-order chi connectivity index (χ0) is 26.5. The van der Waals surface area contributed by atoms with Crippen molar-refractivity contribution in [2.75, 3.05) is 31.8 Å². The highest BCUT2D eigenvalue weighted by Gasteiger charge is 2.27. The van der Waals surface area contributed by atoms with E-state index >= 15 is 0 Å². The van der Waals surface area contributed by atoms with Crippen molar-refractivity contribution in [3.05, 3.63) is 75.2 Å². The van der Waals surface area contributed by atoms with Gasteiger partial charge in [-0.3, -0.25) is 4.79 Å². The number of thiophene rings is 1. The summed E-state index contributed by atoms with van der Waals surface area (Å²) in [6, 6.07) is 13.0. The molecule has 0 bridgehead atoms. The molecule has 0 spiro atoms. The summed E-state index contributed by atoms with van der Waals surface area (Å²) in [5.41, 5.74) is 1.22. The van der Waals surface area contributed by atoms with Crippen LogP contribution in [0.25, 0.3) is 0 Å². The number of hydrogen-bond acceptors (Lipinski definition) is 6. The molecule has 0 saturated carbocycles. The van der Waals surface area contributed by atoms with E-state index in [1.165, 1.54) is 23.1 Å². The fourth-order valence-electron chi connectivity index (χ4n) is 4.38. The predicted molar refractivity (Wildman–Crippen MR) is 142 cm³/mol. The van der Waals surface area contributed by atoms with Crippen LogP contribution >= 0.6 is 22.9 Å². The Labute approximate surface area is 228 Å². The van der Waals surface area contributed by atoms with E-state index in [1.807, 2.05) is 35.7 Å². The van der Waals surface area contributed by atoms with Gasteiger partial charge in [-0.1, -0.05) is 23.7 Å². The molecule has 2 aliphatic rings. The van der Waals surface area contributed by atoms with Crippen molar-refractivity contribution in [3.8, 4) is 11.5 Å². The first-order valence-electron chi connectivity index (χ1n) is 12.3. The van der Waals surface area contributed by atoms with Gasteiger partial charge in [0.2, 0.25) is 12.7 Å². The van der Waals surface area contributed by atoms with Crippen molar-refractivity contribution >= 4 is 40.6 Å². The fraction of sp³-hybridized carbons (Fsp3) is 0.333. The molecule has 200 valence electrons. The Bertz CT molecular complexity index is 1290. The van der Waals surface area contributed by atoms with Gasteiger partial charge in [-0.15, -0.1) is 11.3 Å². The number of fused-ring (bicyclic) bond motifs is 1. The number of rotatable bonds is 9. The minimum Gasteiger partial charge on any atom is -0.454 e. The van der Waals surface area contributed by atoms with Gasteiger partial charge in [0, 0.05) is 30.3 Å². The number of carbonyl (C=O) groups is 2. The summed E-state index contributed by atoms with van der Waals surface area (Å²) in [7, 11) is 0. The molecule has 8 nitrogen and oxygen atoms in total. The van der Waals surface area contributed by atoms with Crippen LogP contribution in [0.2, 0.25) is 5.02 Å². The lowest BCUT2D eigenvalue weighted by Gasteiger charge is -2.29. The predicted octanol–water partition coefficient (Wildman–Crippen LogP) is 5.51. The second-order valence-corrected chi connectivity index (χ2v) is 10.5. The molecule has 1 fully saturated rings. The molecule has 0 aliphatic carbocycles. The second kappa shape index (κ2) is 12.0. The number of urea groups is 1. The molecule has 2 aromatic carbocycles. The molecule has 3 heterocycles. The Hall–Kier alpha value is -3.34. The Morgan fingerprint density at radius 3 is 2.71 bits per heavy atom. The Morgan fingerprint density at radius 2 is 1.95 bits per heavy atom. The molecule has 11 heteroatoms. The summed E-state index contributed by atoms with van der Waals surface area (Å²) in [6.07, 6.45) is 1.54. The van der Waals surface area contributed by atoms with Gasteiger partial charge in [-0.25, -0.2) is 9.18 Å². The fourth-order valence-corrected chi connectivity index (χ4v) is 5.28. The highest BCUT2D eigenvalue weighted by atomic mass is 35.5. The number of benzene rings is 2. The number of nitrogens with zero attached hydrogens (tertiary/aromatic N) is 2. The van der Waals surface area contributed by atoms with Crippen molar-refractivity contribution < 1.29 is 28.2 Å². The van der Waals surface area contributed by atoms with E-state index in [4.69, 9.17) is 25.8 Å². The van der Waals surface area contributed by atoms with E-state index in [0.29, 0.717) is 36.9 Å². The van der Waals surface area contributed by atoms with Crippen LogP contribution in [0.1, 0.15) is 23.3 Å². The van der Waals surface area contributed by atoms with Crippen LogP contribution in [-0.4, -0.2) is 54.3 Å². The molecule has 0 radical (unpaired) electrons. The maximum atomic E-state index is 13.7. The zero-order valence-electron chi connectivity index (χ0n) is 20.5. The van der Waals surface area contributed by atoms with E-state index in [-0.39, 0.29) is 36.9 Å². The summed E-state index contributed by atoms with van der Waals surface area (Å²) >= 11 is 7.44. The minimum atomic E-state index is -0.580. The van der Waals surface area contributed by atoms with Crippen molar-refractivity contribution in [1.82, 2.24) is 9.80 Å². The molecule has 1 atom stereocenters. The number of carbonyl (C=O) groups excluding carboxylic acids is 2. The van der Waals surface area contributed by atoms with E-state index in [2.05, 4.69) is 5.32 Å². The largest absolute Gasteiger partial charge is 0.454 e. The van der Waals surface area contributed by atoms with Crippen LogP contribution in [0.3, 0.4) is 0 Å². The first-order chi connectivity index (χ1) is 18.4. The summed E-state index contributed by atoms with van der Waals surface area (Å²) in [6.45, 7) is 1.61. The number of amides is 3. The molecule has 1 aromatic heterocycles. The van der Waals surface area contributed by atoms with Gasteiger partial charge in [0.15, 0.2) is 11.5 Å². The van der Waals surface area contributed by atoms with Crippen molar-refractivity contribution in [2.24, 2.45) is 0 Å². The standard InChI is InChI=1S/C27H27ClFN3O5S/c28-22-12-19(6-7-23(22)29)30-27(34)32(14-20-3-1-9-35-20)16-26(33)31(15-21-4-2-10-38-21)13-18-5-8-24-25(11-18)37-17-36-24/h2,4-8,10-12,20H,1,3,9,13-17H2,(H,30,34). The van der Waals surface area contributed by atoms with Crippen LogP contribution in [0.5, 0.6) is 11.5 Å². The summed E-state index contributed by atoms with van der Waals surface area (Å²) in [5, 5.41) is 4.59. The molecule has 1 N–H and O–H groups in total. The number of nitrogens with one attached hydrogen (secondary N) is 1. The molecule has 3 amide bonds. The maximum absolute atomic E-state index is 13.7. The van der Waals surface area contributed by atoms with E-state index in [9.17, 15) is 14.0 Å². The van der Waals surface area contributed by atoms with Gasteiger partial charge in [-0.05, 0) is 60.2 Å². The summed E-state index contributed by atoms with van der Waals surface area (Å²) < 4.78 is 30.2. The average molecular weight is 560 g/mol. The maximum Gasteiger partial charge on any atom is 0.322 e. The second-order valence-electron chi connectivity index (χ2n) is 9.09. The van der Waals surface area contributed by atoms with Gasteiger partial charge in [0.05, 0.1) is 17.7 Å². The zero-order valence-corrected chi connectivity index (χ0v) is 22.1. The molecular weight excluding hydrogens is 533 g/mol. The highest BCUT2D eigenvalue weighted by Crippen LogP contribution is 2.33. The molecule has 2 aliphatic heterocycles. The number of anilines is 1. The van der Waals surface area contributed by atoms with Crippen LogP contribution in [0, 0.1) is 5.82 Å². The lowest BCUT2D eigenvalue weighted by atomic mass is 10.1. The van der Waals surface area contributed by atoms with E-state index in [1.54, 1.807) is 16.2 Å². The van der Waals surface area contributed by atoms with Crippen LogP contribution in [0.15, 0.2) is 53.9 Å². The molecule has 1 saturated heterocycles. The third kappa shape index (κ3) is 6.56. The van der Waals surface area contributed by atoms with Gasteiger partial charge < -0.3 is 29.3 Å². The first-order valence-corrected chi connectivity index (χ1v) is 13.5. The molecular formula is C27H27ClFN3O5S. The Kier molecular flexibility index (Phi) is 8.31. The van der Waals surface area contributed by atoms with Crippen LogP contribution < -0.4 is 14.8 Å². The smallest absolute Gasteiger partial charge is 0.322 e. The number of halogens is 2. The van der Waals surface area contributed by atoms with Crippen LogP contribution in [-0.2, 0) is 22.6 Å². The Morgan fingerprint density at radius 1 is 1.08 bits per heavy atom. The number of ether oxygens (including phenoxy) is 3. The molecule has 38 heavy (non-hydrogen) atoms. The topological polar surface area (TPSA) is 80.3 Å². The summed E-state index contributed by atoms with van der Waals surface area (Å²) in [4.78, 5) is 31.2.